The van der Waals surface area contributed by atoms with Crippen molar-refractivity contribution in [1.82, 2.24) is 4.98 Å². The second kappa shape index (κ2) is 3.35. The summed E-state index contributed by atoms with van der Waals surface area (Å²) < 4.78 is 0. The fourth-order valence-electron chi connectivity index (χ4n) is 1.29. The summed E-state index contributed by atoms with van der Waals surface area (Å²) in [6, 6.07) is 0. The summed E-state index contributed by atoms with van der Waals surface area (Å²) >= 11 is 7.92. The molecule has 0 amide bonds. The number of halogens is 1. The molecule has 1 saturated carbocycles. The standard InChI is InChI=1S/C9H12ClNS/c1-6-5-12-9(11-6)4-8(10)7-2-3-7/h5,7-8H,2-4H2,1H3. The lowest BCUT2D eigenvalue weighted by molar-refractivity contribution is 0.733. The minimum Gasteiger partial charge on any atom is -0.247 e. The van der Waals surface area contributed by atoms with Gasteiger partial charge in [-0.05, 0) is 25.7 Å². The van der Waals surface area contributed by atoms with Crippen LogP contribution in [0.1, 0.15) is 23.5 Å². The molecule has 0 saturated heterocycles. The molecular formula is C9H12ClNS. The molecule has 0 radical (unpaired) electrons. The normalized spacial score (nSPS) is 19.5. The molecule has 1 aromatic rings. The Bertz CT molecular complexity index is 267. The molecule has 1 heterocycles. The zero-order chi connectivity index (χ0) is 8.55. The molecule has 0 aliphatic heterocycles. The Balaban J connectivity index is 1.93. The van der Waals surface area contributed by atoms with Crippen molar-refractivity contribution in [2.45, 2.75) is 31.6 Å². The lowest BCUT2D eigenvalue weighted by Gasteiger charge is -2.03. The first-order valence-corrected chi connectivity index (χ1v) is 5.62. The first kappa shape index (κ1) is 8.52. The average Bonchev–Trinajstić information content (AvgIpc) is 2.78. The highest BCUT2D eigenvalue weighted by molar-refractivity contribution is 7.09. The molecule has 1 atom stereocenters. The van der Waals surface area contributed by atoms with E-state index in [1.807, 2.05) is 6.92 Å². The van der Waals surface area contributed by atoms with Crippen LogP contribution in [0.2, 0.25) is 0 Å². The summed E-state index contributed by atoms with van der Waals surface area (Å²) in [4.78, 5) is 4.39. The summed E-state index contributed by atoms with van der Waals surface area (Å²) in [7, 11) is 0. The van der Waals surface area contributed by atoms with Crippen LogP contribution in [0.15, 0.2) is 5.38 Å². The van der Waals surface area contributed by atoms with Crippen LogP contribution in [0.5, 0.6) is 0 Å². The summed E-state index contributed by atoms with van der Waals surface area (Å²) in [6.45, 7) is 2.03. The van der Waals surface area contributed by atoms with Crippen LogP contribution >= 0.6 is 22.9 Å². The largest absolute Gasteiger partial charge is 0.247 e. The fourth-order valence-corrected chi connectivity index (χ4v) is 2.61. The van der Waals surface area contributed by atoms with Crippen LogP contribution in [-0.2, 0) is 6.42 Å². The van der Waals surface area contributed by atoms with Crippen molar-refractivity contribution in [3.05, 3.63) is 16.1 Å². The maximum atomic E-state index is 6.19. The zero-order valence-corrected chi connectivity index (χ0v) is 8.66. The Kier molecular flexibility index (Phi) is 2.37. The topological polar surface area (TPSA) is 12.9 Å². The van der Waals surface area contributed by atoms with Gasteiger partial charge in [0.2, 0.25) is 0 Å². The van der Waals surface area contributed by atoms with Gasteiger partial charge in [0.15, 0.2) is 0 Å². The van der Waals surface area contributed by atoms with Gasteiger partial charge >= 0.3 is 0 Å². The van der Waals surface area contributed by atoms with Crippen LogP contribution in [0.25, 0.3) is 0 Å². The van der Waals surface area contributed by atoms with E-state index in [9.17, 15) is 0 Å². The highest BCUT2D eigenvalue weighted by Crippen LogP contribution is 2.37. The molecule has 1 aliphatic carbocycles. The third-order valence-electron chi connectivity index (χ3n) is 2.17. The van der Waals surface area contributed by atoms with Gasteiger partial charge in [0, 0.05) is 22.9 Å². The number of hydrogen-bond acceptors (Lipinski definition) is 2. The number of nitrogens with zero attached hydrogens (tertiary/aromatic N) is 1. The van der Waals surface area contributed by atoms with Gasteiger partial charge in [0.25, 0.3) is 0 Å². The summed E-state index contributed by atoms with van der Waals surface area (Å²) in [5.41, 5.74) is 1.12. The van der Waals surface area contributed by atoms with E-state index >= 15 is 0 Å². The van der Waals surface area contributed by atoms with Gasteiger partial charge in [-0.15, -0.1) is 22.9 Å². The molecule has 1 aromatic heterocycles. The van der Waals surface area contributed by atoms with Crippen molar-refractivity contribution >= 4 is 22.9 Å². The SMILES string of the molecule is Cc1csc(CC(Cl)C2CC2)n1. The van der Waals surface area contributed by atoms with Crippen molar-refractivity contribution in [3.8, 4) is 0 Å². The smallest absolute Gasteiger partial charge is 0.0942 e. The zero-order valence-electron chi connectivity index (χ0n) is 7.09. The van der Waals surface area contributed by atoms with Crippen molar-refractivity contribution in [3.63, 3.8) is 0 Å². The Morgan fingerprint density at radius 1 is 1.75 bits per heavy atom. The second-order valence-corrected chi connectivity index (χ2v) is 4.94. The van der Waals surface area contributed by atoms with E-state index in [1.165, 1.54) is 17.8 Å². The van der Waals surface area contributed by atoms with Crippen molar-refractivity contribution in [1.29, 1.82) is 0 Å². The third kappa shape index (κ3) is 1.99. The van der Waals surface area contributed by atoms with Crippen LogP contribution in [0.3, 0.4) is 0 Å². The molecule has 0 N–H and O–H groups in total. The molecule has 66 valence electrons. The van der Waals surface area contributed by atoms with E-state index in [2.05, 4.69) is 10.4 Å². The monoisotopic (exact) mass is 201 g/mol. The minimum atomic E-state index is 0.329. The molecule has 2 rings (SSSR count). The summed E-state index contributed by atoms with van der Waals surface area (Å²) in [5.74, 6) is 0.774. The van der Waals surface area contributed by atoms with E-state index in [4.69, 9.17) is 11.6 Å². The van der Waals surface area contributed by atoms with Gasteiger partial charge in [0.05, 0.1) is 5.01 Å². The summed E-state index contributed by atoms with van der Waals surface area (Å²) in [5, 5.41) is 3.61. The van der Waals surface area contributed by atoms with E-state index < -0.39 is 0 Å². The van der Waals surface area contributed by atoms with Crippen LogP contribution in [0.4, 0.5) is 0 Å². The van der Waals surface area contributed by atoms with Crippen molar-refractivity contribution in [2.24, 2.45) is 5.92 Å². The Labute approximate surface area is 81.8 Å². The van der Waals surface area contributed by atoms with Gasteiger partial charge in [-0.3, -0.25) is 0 Å². The highest BCUT2D eigenvalue weighted by atomic mass is 35.5. The van der Waals surface area contributed by atoms with Gasteiger partial charge in [-0.25, -0.2) is 4.98 Å². The maximum Gasteiger partial charge on any atom is 0.0942 e. The van der Waals surface area contributed by atoms with Gasteiger partial charge in [-0.2, -0.15) is 0 Å². The fraction of sp³-hybridized carbons (Fsp3) is 0.667. The van der Waals surface area contributed by atoms with Crippen molar-refractivity contribution in [2.75, 3.05) is 0 Å². The lowest BCUT2D eigenvalue weighted by Crippen LogP contribution is -2.05. The molecule has 3 heteroatoms. The molecule has 1 unspecified atom stereocenters. The number of alkyl halides is 1. The summed E-state index contributed by atoms with van der Waals surface area (Å²) in [6.07, 6.45) is 3.60. The quantitative estimate of drug-likeness (QED) is 0.686. The minimum absolute atomic E-state index is 0.329. The molecule has 0 spiro atoms. The molecule has 0 aromatic carbocycles. The predicted molar refractivity (Wildman–Crippen MR) is 52.9 cm³/mol. The first-order chi connectivity index (χ1) is 5.75. The highest BCUT2D eigenvalue weighted by Gasteiger charge is 2.30. The number of aromatic nitrogens is 1. The predicted octanol–water partition coefficient (Wildman–Crippen LogP) is 3.01. The lowest BCUT2D eigenvalue weighted by atomic mass is 10.2. The van der Waals surface area contributed by atoms with Gasteiger partial charge in [0.1, 0.15) is 0 Å². The first-order valence-electron chi connectivity index (χ1n) is 4.31. The van der Waals surface area contributed by atoms with Crippen LogP contribution < -0.4 is 0 Å². The molecule has 0 bridgehead atoms. The van der Waals surface area contributed by atoms with Crippen molar-refractivity contribution < 1.29 is 0 Å². The Morgan fingerprint density at radius 3 is 3.00 bits per heavy atom. The number of thiazole rings is 1. The number of hydrogen-bond donors (Lipinski definition) is 0. The molecule has 12 heavy (non-hydrogen) atoms. The number of rotatable bonds is 3. The Hall–Kier alpha value is -0.0800. The molecule has 1 fully saturated rings. The molecular weight excluding hydrogens is 190 g/mol. The van der Waals surface area contributed by atoms with E-state index in [1.54, 1.807) is 11.3 Å². The van der Waals surface area contributed by atoms with Gasteiger partial charge < -0.3 is 0 Å². The van der Waals surface area contributed by atoms with E-state index in [0.717, 1.165) is 18.0 Å². The maximum absolute atomic E-state index is 6.19. The van der Waals surface area contributed by atoms with E-state index in [0.29, 0.717) is 5.38 Å². The van der Waals surface area contributed by atoms with Gasteiger partial charge in [-0.1, -0.05) is 0 Å². The van der Waals surface area contributed by atoms with Crippen LogP contribution in [0, 0.1) is 12.8 Å². The van der Waals surface area contributed by atoms with Crippen LogP contribution in [-0.4, -0.2) is 10.4 Å². The van der Waals surface area contributed by atoms with E-state index in [-0.39, 0.29) is 0 Å². The number of aryl methyl sites for hydroxylation is 1. The average molecular weight is 202 g/mol. The Morgan fingerprint density at radius 2 is 2.50 bits per heavy atom. The molecule has 1 aliphatic rings. The third-order valence-corrected chi connectivity index (χ3v) is 3.67. The second-order valence-electron chi connectivity index (χ2n) is 3.44. The molecule has 1 nitrogen and oxygen atoms in total.